The van der Waals surface area contributed by atoms with Crippen molar-refractivity contribution < 1.29 is 13.9 Å². The van der Waals surface area contributed by atoms with Gasteiger partial charge in [-0.05, 0) is 12.1 Å². The number of ether oxygens (including phenoxy) is 1. The Morgan fingerprint density at radius 1 is 1.50 bits per heavy atom. The predicted octanol–water partition coefficient (Wildman–Crippen LogP) is 1.55. The second-order valence-electron chi connectivity index (χ2n) is 2.54. The van der Waals surface area contributed by atoms with E-state index in [0.717, 1.165) is 0 Å². The number of carbonyl (C=O) groups is 1. The Hall–Kier alpha value is -1.62. The van der Waals surface area contributed by atoms with Crippen LogP contribution in [-0.2, 0) is 4.74 Å². The van der Waals surface area contributed by atoms with Crippen molar-refractivity contribution in [1.82, 2.24) is 5.32 Å². The van der Waals surface area contributed by atoms with Crippen LogP contribution < -0.4 is 10.6 Å². The van der Waals surface area contributed by atoms with E-state index in [4.69, 9.17) is 0 Å². The first kappa shape index (κ1) is 10.5. The van der Waals surface area contributed by atoms with Crippen LogP contribution in [0.25, 0.3) is 0 Å². The van der Waals surface area contributed by atoms with Crippen LogP contribution >= 0.6 is 0 Å². The zero-order chi connectivity index (χ0) is 10.4. The average Bonchev–Trinajstić information content (AvgIpc) is 2.18. The van der Waals surface area contributed by atoms with Crippen molar-refractivity contribution in [2.45, 2.75) is 0 Å². The fraction of sp³-hybridized carbons (Fsp3) is 0.222. The van der Waals surface area contributed by atoms with E-state index in [1.165, 1.54) is 19.2 Å². The number of amides is 2. The quantitative estimate of drug-likeness (QED) is 0.724. The van der Waals surface area contributed by atoms with E-state index >= 15 is 0 Å². The van der Waals surface area contributed by atoms with E-state index in [1.807, 2.05) is 0 Å². The number of anilines is 1. The summed E-state index contributed by atoms with van der Waals surface area (Å²) in [4.78, 5) is 11.1. The molecule has 0 spiro atoms. The molecule has 4 nitrogen and oxygen atoms in total. The van der Waals surface area contributed by atoms with Gasteiger partial charge in [0.1, 0.15) is 12.5 Å². The first-order valence-electron chi connectivity index (χ1n) is 4.02. The van der Waals surface area contributed by atoms with Crippen molar-refractivity contribution in [2.24, 2.45) is 0 Å². The molecule has 2 N–H and O–H groups in total. The Morgan fingerprint density at radius 2 is 2.21 bits per heavy atom. The Balaban J connectivity index is 2.52. The van der Waals surface area contributed by atoms with Gasteiger partial charge < -0.3 is 15.4 Å². The second kappa shape index (κ2) is 5.18. The lowest BCUT2D eigenvalue weighted by molar-refractivity contribution is 0.177. The summed E-state index contributed by atoms with van der Waals surface area (Å²) in [6.07, 6.45) is 0. The Labute approximate surface area is 81.1 Å². The number of para-hydroxylation sites is 1. The molecular weight excluding hydrogens is 187 g/mol. The number of nitrogens with one attached hydrogen (secondary N) is 2. The van der Waals surface area contributed by atoms with Crippen LogP contribution in [0.2, 0.25) is 0 Å². The monoisotopic (exact) mass is 198 g/mol. The van der Waals surface area contributed by atoms with Gasteiger partial charge in [-0.2, -0.15) is 0 Å². The first-order chi connectivity index (χ1) is 6.74. The summed E-state index contributed by atoms with van der Waals surface area (Å²) in [5, 5.41) is 4.71. The Morgan fingerprint density at radius 3 is 2.86 bits per heavy atom. The van der Waals surface area contributed by atoms with Crippen LogP contribution in [0, 0.1) is 5.82 Å². The third-order valence-electron chi connectivity index (χ3n) is 1.50. The van der Waals surface area contributed by atoms with Crippen molar-refractivity contribution in [3.63, 3.8) is 0 Å². The molecule has 1 aromatic carbocycles. The van der Waals surface area contributed by atoms with Crippen LogP contribution in [0.4, 0.5) is 14.9 Å². The minimum Gasteiger partial charge on any atom is -0.364 e. The van der Waals surface area contributed by atoms with Gasteiger partial charge in [0.25, 0.3) is 0 Å². The molecule has 1 rings (SSSR count). The zero-order valence-corrected chi connectivity index (χ0v) is 7.71. The normalized spacial score (nSPS) is 9.57. The molecule has 0 fully saturated rings. The maximum atomic E-state index is 13.0. The number of rotatable bonds is 3. The van der Waals surface area contributed by atoms with Gasteiger partial charge in [0.05, 0.1) is 5.69 Å². The molecule has 5 heteroatoms. The van der Waals surface area contributed by atoms with Crippen LogP contribution in [-0.4, -0.2) is 19.9 Å². The molecule has 0 saturated carbocycles. The molecule has 0 heterocycles. The summed E-state index contributed by atoms with van der Waals surface area (Å²) in [7, 11) is 1.45. The molecule has 0 unspecified atom stereocenters. The summed E-state index contributed by atoms with van der Waals surface area (Å²) in [5.74, 6) is -0.472. The van der Waals surface area contributed by atoms with Gasteiger partial charge in [-0.3, -0.25) is 0 Å². The Kier molecular flexibility index (Phi) is 3.87. The number of hydrogen-bond donors (Lipinski definition) is 2. The number of carbonyl (C=O) groups excluding carboxylic acids is 1. The molecule has 0 aliphatic heterocycles. The van der Waals surface area contributed by atoms with Gasteiger partial charge >= 0.3 is 6.03 Å². The van der Waals surface area contributed by atoms with Crippen LogP contribution in [0.5, 0.6) is 0 Å². The summed E-state index contributed by atoms with van der Waals surface area (Å²) in [6, 6.07) is 5.42. The number of urea groups is 1. The maximum absolute atomic E-state index is 13.0. The number of benzene rings is 1. The van der Waals surface area contributed by atoms with Gasteiger partial charge in [-0.25, -0.2) is 9.18 Å². The van der Waals surface area contributed by atoms with Crippen LogP contribution in [0.15, 0.2) is 24.3 Å². The lowest BCUT2D eigenvalue weighted by atomic mass is 10.3. The predicted molar refractivity (Wildman–Crippen MR) is 50.4 cm³/mol. The van der Waals surface area contributed by atoms with Crippen molar-refractivity contribution in [2.75, 3.05) is 19.2 Å². The summed E-state index contributed by atoms with van der Waals surface area (Å²) in [5.41, 5.74) is 0.140. The third-order valence-corrected chi connectivity index (χ3v) is 1.50. The largest absolute Gasteiger partial charge is 0.364 e. The van der Waals surface area contributed by atoms with Crippen molar-refractivity contribution in [1.29, 1.82) is 0 Å². The molecule has 2 amide bonds. The van der Waals surface area contributed by atoms with E-state index in [0.29, 0.717) is 0 Å². The fourth-order valence-corrected chi connectivity index (χ4v) is 0.867. The standard InChI is InChI=1S/C9H11FN2O2/c1-14-6-11-9(13)12-8-5-3-2-4-7(8)10/h2-5H,6H2,1H3,(H2,11,12,13). The molecule has 14 heavy (non-hydrogen) atoms. The van der Waals surface area contributed by atoms with Gasteiger partial charge in [-0.1, -0.05) is 12.1 Å². The molecule has 0 bridgehead atoms. The van der Waals surface area contributed by atoms with Crippen LogP contribution in [0.3, 0.4) is 0 Å². The molecule has 76 valence electrons. The fourth-order valence-electron chi connectivity index (χ4n) is 0.867. The average molecular weight is 198 g/mol. The third kappa shape index (κ3) is 3.02. The lowest BCUT2D eigenvalue weighted by Gasteiger charge is -2.06. The smallest absolute Gasteiger partial charge is 0.321 e. The number of methoxy groups -OCH3 is 1. The number of hydrogen-bond acceptors (Lipinski definition) is 2. The summed E-state index contributed by atoms with van der Waals surface area (Å²) < 4.78 is 17.6. The van der Waals surface area contributed by atoms with E-state index in [1.54, 1.807) is 12.1 Å². The molecular formula is C9H11FN2O2. The highest BCUT2D eigenvalue weighted by molar-refractivity contribution is 5.89. The van der Waals surface area contributed by atoms with E-state index < -0.39 is 11.8 Å². The lowest BCUT2D eigenvalue weighted by Crippen LogP contribution is -2.30. The zero-order valence-electron chi connectivity index (χ0n) is 7.71. The molecule has 0 atom stereocenters. The highest BCUT2D eigenvalue weighted by Gasteiger charge is 2.03. The van der Waals surface area contributed by atoms with E-state index in [2.05, 4.69) is 15.4 Å². The second-order valence-corrected chi connectivity index (χ2v) is 2.54. The van der Waals surface area contributed by atoms with Crippen molar-refractivity contribution >= 4 is 11.7 Å². The van der Waals surface area contributed by atoms with Gasteiger partial charge in [0.2, 0.25) is 0 Å². The van der Waals surface area contributed by atoms with Gasteiger partial charge in [-0.15, -0.1) is 0 Å². The molecule has 0 aliphatic carbocycles. The molecule has 0 radical (unpaired) electrons. The highest BCUT2D eigenvalue weighted by Crippen LogP contribution is 2.11. The topological polar surface area (TPSA) is 50.4 Å². The molecule has 0 aromatic heterocycles. The van der Waals surface area contributed by atoms with Crippen molar-refractivity contribution in [3.8, 4) is 0 Å². The van der Waals surface area contributed by atoms with Crippen molar-refractivity contribution in [3.05, 3.63) is 30.1 Å². The molecule has 0 aliphatic rings. The number of halogens is 1. The minimum atomic E-state index is -0.503. The summed E-state index contributed by atoms with van der Waals surface area (Å²) >= 11 is 0. The first-order valence-corrected chi connectivity index (χ1v) is 4.02. The van der Waals surface area contributed by atoms with E-state index in [9.17, 15) is 9.18 Å². The van der Waals surface area contributed by atoms with E-state index in [-0.39, 0.29) is 12.4 Å². The molecule has 1 aromatic rings. The van der Waals surface area contributed by atoms with Gasteiger partial charge in [0.15, 0.2) is 0 Å². The maximum Gasteiger partial charge on any atom is 0.321 e. The van der Waals surface area contributed by atoms with Gasteiger partial charge in [0, 0.05) is 7.11 Å². The summed E-state index contributed by atoms with van der Waals surface area (Å²) in [6.45, 7) is 0.0836. The highest BCUT2D eigenvalue weighted by atomic mass is 19.1. The molecule has 0 saturated heterocycles. The minimum absolute atomic E-state index is 0.0836. The Bertz CT molecular complexity index is 317. The SMILES string of the molecule is COCNC(=O)Nc1ccccc1F. The van der Waals surface area contributed by atoms with Crippen LogP contribution in [0.1, 0.15) is 0 Å².